The number of ether oxygens (including phenoxy) is 2. The van der Waals surface area contributed by atoms with Crippen LogP contribution >= 0.6 is 0 Å². The van der Waals surface area contributed by atoms with Gasteiger partial charge in [0.05, 0.1) is 6.61 Å². The standard InChI is InChI=1S/C7H10F4O3/c1-3-6(8,9)7(10,11)14-5(12)13-4-2/h3-4H2,1-2H3. The maximum Gasteiger partial charge on any atom is 0.513 e. The molecule has 0 aliphatic rings. The highest BCUT2D eigenvalue weighted by Gasteiger charge is 2.59. The normalized spacial score (nSPS) is 12.4. The first-order valence-corrected chi connectivity index (χ1v) is 3.88. The van der Waals surface area contributed by atoms with E-state index < -0.39 is 24.6 Å². The monoisotopic (exact) mass is 218 g/mol. The zero-order valence-electron chi connectivity index (χ0n) is 7.65. The predicted molar refractivity (Wildman–Crippen MR) is 38.3 cm³/mol. The minimum Gasteiger partial charge on any atom is -0.434 e. The number of carbonyl (C=O) groups is 1. The van der Waals surface area contributed by atoms with Crippen molar-refractivity contribution in [3.8, 4) is 0 Å². The molecule has 0 aromatic heterocycles. The zero-order valence-corrected chi connectivity index (χ0v) is 7.65. The summed E-state index contributed by atoms with van der Waals surface area (Å²) in [5, 5.41) is 0. The average Bonchev–Trinajstić information content (AvgIpc) is 2.03. The quantitative estimate of drug-likeness (QED) is 0.537. The molecule has 0 spiro atoms. The number of rotatable bonds is 4. The van der Waals surface area contributed by atoms with Gasteiger partial charge in [0.15, 0.2) is 0 Å². The highest BCUT2D eigenvalue weighted by Crippen LogP contribution is 2.37. The van der Waals surface area contributed by atoms with E-state index in [1.165, 1.54) is 6.92 Å². The highest BCUT2D eigenvalue weighted by atomic mass is 19.3. The maximum atomic E-state index is 12.5. The molecule has 0 aliphatic heterocycles. The molecule has 3 nitrogen and oxygen atoms in total. The van der Waals surface area contributed by atoms with Crippen LogP contribution in [0.15, 0.2) is 0 Å². The smallest absolute Gasteiger partial charge is 0.434 e. The molecule has 0 fully saturated rings. The van der Waals surface area contributed by atoms with Gasteiger partial charge in [-0.1, -0.05) is 6.92 Å². The Hall–Kier alpha value is -1.01. The molecule has 0 heterocycles. The van der Waals surface area contributed by atoms with Crippen LogP contribution in [-0.2, 0) is 9.47 Å². The van der Waals surface area contributed by atoms with Crippen molar-refractivity contribution in [1.29, 1.82) is 0 Å². The number of hydrogen-bond acceptors (Lipinski definition) is 3. The first-order chi connectivity index (χ1) is 6.27. The van der Waals surface area contributed by atoms with Gasteiger partial charge < -0.3 is 9.47 Å². The van der Waals surface area contributed by atoms with Gasteiger partial charge >= 0.3 is 18.2 Å². The van der Waals surface area contributed by atoms with Crippen molar-refractivity contribution in [2.45, 2.75) is 32.3 Å². The fourth-order valence-corrected chi connectivity index (χ4v) is 0.532. The third-order valence-corrected chi connectivity index (χ3v) is 1.34. The topological polar surface area (TPSA) is 35.5 Å². The second-order valence-corrected chi connectivity index (χ2v) is 2.36. The largest absolute Gasteiger partial charge is 0.513 e. The summed E-state index contributed by atoms with van der Waals surface area (Å²) in [5.41, 5.74) is 0. The molecule has 0 atom stereocenters. The van der Waals surface area contributed by atoms with Gasteiger partial charge in [0, 0.05) is 6.42 Å². The Labute approximate surface area is 78.0 Å². The summed E-state index contributed by atoms with van der Waals surface area (Å²) in [5.74, 6) is -4.39. The van der Waals surface area contributed by atoms with Crippen LogP contribution in [0.3, 0.4) is 0 Å². The van der Waals surface area contributed by atoms with E-state index in [1.54, 1.807) is 0 Å². The van der Waals surface area contributed by atoms with E-state index in [0.29, 0.717) is 0 Å². The van der Waals surface area contributed by atoms with Crippen molar-refractivity contribution >= 4 is 6.16 Å². The fraction of sp³-hybridized carbons (Fsp3) is 0.857. The summed E-state index contributed by atoms with van der Waals surface area (Å²) in [6.45, 7) is 1.95. The SMILES string of the molecule is CCOC(=O)OC(F)(F)C(F)(F)CC. The van der Waals surface area contributed by atoms with E-state index in [2.05, 4.69) is 9.47 Å². The maximum absolute atomic E-state index is 12.5. The Morgan fingerprint density at radius 1 is 1.21 bits per heavy atom. The summed E-state index contributed by atoms with van der Waals surface area (Å²) in [6, 6.07) is 0. The summed E-state index contributed by atoms with van der Waals surface area (Å²) in [6.07, 6.45) is -7.79. The lowest BCUT2D eigenvalue weighted by Gasteiger charge is -2.23. The third kappa shape index (κ3) is 3.04. The van der Waals surface area contributed by atoms with Crippen LogP contribution in [0.25, 0.3) is 0 Å². The molecule has 14 heavy (non-hydrogen) atoms. The first kappa shape index (κ1) is 13.0. The van der Waals surface area contributed by atoms with Crippen molar-refractivity contribution < 1.29 is 31.8 Å². The molecule has 0 rings (SSSR count). The number of carbonyl (C=O) groups excluding carboxylic acids is 1. The van der Waals surface area contributed by atoms with Crippen LogP contribution in [0.5, 0.6) is 0 Å². The average molecular weight is 218 g/mol. The number of alkyl halides is 4. The van der Waals surface area contributed by atoms with Gasteiger partial charge in [0.1, 0.15) is 0 Å². The molecule has 0 aliphatic carbocycles. The van der Waals surface area contributed by atoms with E-state index in [4.69, 9.17) is 0 Å². The van der Waals surface area contributed by atoms with Gasteiger partial charge in [0.2, 0.25) is 0 Å². The fourth-order valence-electron chi connectivity index (χ4n) is 0.532. The summed E-state index contributed by atoms with van der Waals surface area (Å²) in [4.78, 5) is 10.4. The minimum absolute atomic E-state index is 0.230. The van der Waals surface area contributed by atoms with E-state index in [1.807, 2.05) is 0 Å². The minimum atomic E-state index is -4.84. The van der Waals surface area contributed by atoms with Gasteiger partial charge in [0.25, 0.3) is 0 Å². The van der Waals surface area contributed by atoms with Crippen LogP contribution in [0.2, 0.25) is 0 Å². The van der Waals surface area contributed by atoms with E-state index in [0.717, 1.165) is 6.92 Å². The molecule has 0 bridgehead atoms. The van der Waals surface area contributed by atoms with Crippen LogP contribution in [-0.4, -0.2) is 24.8 Å². The Bertz CT molecular complexity index is 205. The third-order valence-electron chi connectivity index (χ3n) is 1.34. The molecule has 0 radical (unpaired) electrons. The Morgan fingerprint density at radius 3 is 2.07 bits per heavy atom. The second-order valence-electron chi connectivity index (χ2n) is 2.36. The zero-order chi connectivity index (χ0) is 11.4. The van der Waals surface area contributed by atoms with Crippen LogP contribution in [0, 0.1) is 0 Å². The molecule has 7 heteroatoms. The highest BCUT2D eigenvalue weighted by molar-refractivity contribution is 5.60. The number of halogens is 4. The molecule has 0 saturated heterocycles. The van der Waals surface area contributed by atoms with Gasteiger partial charge in [-0.05, 0) is 6.92 Å². The van der Waals surface area contributed by atoms with Crippen LogP contribution in [0.1, 0.15) is 20.3 Å². The predicted octanol–water partition coefficient (Wildman–Crippen LogP) is 2.80. The van der Waals surface area contributed by atoms with Gasteiger partial charge in [-0.3, -0.25) is 0 Å². The molecule has 0 aromatic rings. The lowest BCUT2D eigenvalue weighted by Crippen LogP contribution is -2.43. The second kappa shape index (κ2) is 4.47. The molecule has 0 unspecified atom stereocenters. The molecular weight excluding hydrogens is 208 g/mol. The lowest BCUT2D eigenvalue weighted by atomic mass is 10.2. The van der Waals surface area contributed by atoms with E-state index in [-0.39, 0.29) is 6.61 Å². The van der Waals surface area contributed by atoms with Crippen molar-refractivity contribution in [3.05, 3.63) is 0 Å². The Morgan fingerprint density at radius 2 is 1.71 bits per heavy atom. The van der Waals surface area contributed by atoms with Crippen molar-refractivity contribution in [2.24, 2.45) is 0 Å². The van der Waals surface area contributed by atoms with Crippen molar-refractivity contribution in [1.82, 2.24) is 0 Å². The Kier molecular flexibility index (Phi) is 4.15. The van der Waals surface area contributed by atoms with Gasteiger partial charge in [-0.15, -0.1) is 0 Å². The number of hydrogen-bond donors (Lipinski definition) is 0. The first-order valence-electron chi connectivity index (χ1n) is 3.88. The van der Waals surface area contributed by atoms with E-state index >= 15 is 0 Å². The molecule has 0 aromatic carbocycles. The molecule has 0 saturated carbocycles. The van der Waals surface area contributed by atoms with Crippen LogP contribution < -0.4 is 0 Å². The molecular formula is C7H10F4O3. The summed E-state index contributed by atoms with van der Waals surface area (Å²) in [7, 11) is 0. The van der Waals surface area contributed by atoms with E-state index in [9.17, 15) is 22.4 Å². The Balaban J connectivity index is 4.40. The van der Waals surface area contributed by atoms with Crippen molar-refractivity contribution in [3.63, 3.8) is 0 Å². The molecule has 84 valence electrons. The molecule has 0 amide bonds. The summed E-state index contributed by atoms with van der Waals surface area (Å²) >= 11 is 0. The molecule has 0 N–H and O–H groups in total. The summed E-state index contributed by atoms with van der Waals surface area (Å²) < 4.78 is 57.0. The van der Waals surface area contributed by atoms with Gasteiger partial charge in [-0.2, -0.15) is 17.6 Å². The lowest BCUT2D eigenvalue weighted by molar-refractivity contribution is -0.327. The van der Waals surface area contributed by atoms with Crippen molar-refractivity contribution in [2.75, 3.05) is 6.61 Å². The van der Waals surface area contributed by atoms with Crippen LogP contribution in [0.4, 0.5) is 22.4 Å². The van der Waals surface area contributed by atoms with Gasteiger partial charge in [-0.25, -0.2) is 4.79 Å².